The summed E-state index contributed by atoms with van der Waals surface area (Å²) in [6.45, 7) is 0. The Labute approximate surface area is 215 Å². The molecule has 0 radical (unpaired) electrons. The third kappa shape index (κ3) is 7.36. The van der Waals surface area contributed by atoms with Gasteiger partial charge in [0.05, 0.1) is 12.1 Å². The standard InChI is InChI=1S/C23H19BrCl3N3OS/c24-18-8-4-5-9-19(18)28-22(32)30-21(23(25,26)27)29-20(31)14-15-10-12-17(13-11-15)16-6-2-1-3-7-16/h1-13,21H,14H2,(H,29,31)(H2,28,30,32). The van der Waals surface area contributed by atoms with Gasteiger partial charge in [0.15, 0.2) is 5.11 Å². The number of anilines is 1. The predicted molar refractivity (Wildman–Crippen MR) is 141 cm³/mol. The fraction of sp³-hybridized carbons (Fsp3) is 0.130. The van der Waals surface area contributed by atoms with Crippen LogP contribution < -0.4 is 16.0 Å². The van der Waals surface area contributed by atoms with Gasteiger partial charge in [0.1, 0.15) is 6.17 Å². The third-order valence-electron chi connectivity index (χ3n) is 4.46. The molecule has 1 unspecified atom stereocenters. The number of carbonyl (C=O) groups excluding carboxylic acids is 1. The first-order chi connectivity index (χ1) is 15.2. The summed E-state index contributed by atoms with van der Waals surface area (Å²) in [6.07, 6.45) is -0.913. The highest BCUT2D eigenvalue weighted by atomic mass is 79.9. The maximum atomic E-state index is 12.6. The Hall–Kier alpha value is -1.83. The van der Waals surface area contributed by atoms with Crippen LogP contribution in [0.4, 0.5) is 5.69 Å². The summed E-state index contributed by atoms with van der Waals surface area (Å²) < 4.78 is -1.01. The highest BCUT2D eigenvalue weighted by Gasteiger charge is 2.34. The minimum atomic E-state index is -1.83. The van der Waals surface area contributed by atoms with Gasteiger partial charge in [-0.15, -0.1) is 0 Å². The van der Waals surface area contributed by atoms with E-state index in [1.165, 1.54) is 0 Å². The first kappa shape index (κ1) is 24.8. The lowest BCUT2D eigenvalue weighted by Crippen LogP contribution is -2.56. The van der Waals surface area contributed by atoms with E-state index in [1.807, 2.05) is 78.9 Å². The van der Waals surface area contributed by atoms with Crippen molar-refractivity contribution in [2.45, 2.75) is 16.4 Å². The van der Waals surface area contributed by atoms with Crippen molar-refractivity contribution >= 4 is 79.7 Å². The van der Waals surface area contributed by atoms with E-state index in [9.17, 15) is 4.79 Å². The third-order valence-corrected chi connectivity index (χ3v) is 6.02. The molecule has 9 heteroatoms. The fourth-order valence-electron chi connectivity index (χ4n) is 2.89. The van der Waals surface area contributed by atoms with Gasteiger partial charge >= 0.3 is 0 Å². The van der Waals surface area contributed by atoms with Crippen molar-refractivity contribution < 1.29 is 4.79 Å². The number of alkyl halides is 3. The minimum Gasteiger partial charge on any atom is -0.339 e. The van der Waals surface area contributed by atoms with E-state index in [0.29, 0.717) is 0 Å². The van der Waals surface area contributed by atoms with E-state index in [4.69, 9.17) is 47.0 Å². The molecule has 0 aliphatic carbocycles. The van der Waals surface area contributed by atoms with Gasteiger partial charge < -0.3 is 16.0 Å². The van der Waals surface area contributed by atoms with Crippen molar-refractivity contribution in [3.63, 3.8) is 0 Å². The molecule has 3 rings (SSSR count). The van der Waals surface area contributed by atoms with E-state index in [2.05, 4.69) is 31.9 Å². The van der Waals surface area contributed by atoms with Crippen molar-refractivity contribution in [2.75, 3.05) is 5.32 Å². The van der Waals surface area contributed by atoms with Gasteiger partial charge in [0.2, 0.25) is 9.70 Å². The van der Waals surface area contributed by atoms with Crippen molar-refractivity contribution in [1.82, 2.24) is 10.6 Å². The van der Waals surface area contributed by atoms with Crippen LogP contribution in [0, 0.1) is 0 Å². The van der Waals surface area contributed by atoms with E-state index in [1.54, 1.807) is 0 Å². The van der Waals surface area contributed by atoms with Gasteiger partial charge in [-0.2, -0.15) is 0 Å². The maximum absolute atomic E-state index is 12.6. The molecule has 0 fully saturated rings. The first-order valence-corrected chi connectivity index (χ1v) is 11.9. The second kappa shape index (κ2) is 11.3. The number of benzene rings is 3. The van der Waals surface area contributed by atoms with Crippen LogP contribution in [0.5, 0.6) is 0 Å². The SMILES string of the molecule is O=C(Cc1ccc(-c2ccccc2)cc1)NC(NC(=S)Nc1ccccc1Br)C(Cl)(Cl)Cl. The van der Waals surface area contributed by atoms with Gasteiger partial charge in [-0.1, -0.05) is 102 Å². The lowest BCUT2D eigenvalue weighted by molar-refractivity contribution is -0.121. The quantitative estimate of drug-likeness (QED) is 0.181. The molecule has 0 aliphatic heterocycles. The van der Waals surface area contributed by atoms with Crippen LogP contribution in [0.2, 0.25) is 0 Å². The molecule has 0 aromatic heterocycles. The van der Waals surface area contributed by atoms with Crippen LogP contribution in [-0.2, 0) is 11.2 Å². The highest BCUT2D eigenvalue weighted by molar-refractivity contribution is 9.10. The molecular formula is C23H19BrCl3N3OS. The van der Waals surface area contributed by atoms with Crippen LogP contribution in [0.15, 0.2) is 83.3 Å². The predicted octanol–water partition coefficient (Wildman–Crippen LogP) is 6.46. The van der Waals surface area contributed by atoms with Gasteiger partial charge in [-0.05, 0) is 57.0 Å². The zero-order valence-corrected chi connectivity index (χ0v) is 21.3. The second-order valence-electron chi connectivity index (χ2n) is 6.86. The number of rotatable bonds is 6. The van der Waals surface area contributed by atoms with Gasteiger partial charge in [-0.3, -0.25) is 4.79 Å². The molecule has 4 nitrogen and oxygen atoms in total. The van der Waals surface area contributed by atoms with E-state index < -0.39 is 9.96 Å². The smallest absolute Gasteiger partial charge is 0.228 e. The summed E-state index contributed by atoms with van der Waals surface area (Å²) in [5, 5.41) is 8.75. The van der Waals surface area contributed by atoms with Gasteiger partial charge in [0, 0.05) is 4.47 Å². The van der Waals surface area contributed by atoms with E-state index >= 15 is 0 Å². The van der Waals surface area contributed by atoms with Crippen molar-refractivity contribution in [2.24, 2.45) is 0 Å². The number of thiocarbonyl (C=S) groups is 1. The Kier molecular flexibility index (Phi) is 8.79. The Morgan fingerprint density at radius 2 is 1.47 bits per heavy atom. The topological polar surface area (TPSA) is 53.2 Å². The highest BCUT2D eigenvalue weighted by Crippen LogP contribution is 2.29. The molecule has 0 saturated heterocycles. The summed E-state index contributed by atoms with van der Waals surface area (Å²) in [4.78, 5) is 12.6. The molecule has 3 N–H and O–H groups in total. The Balaban J connectivity index is 1.61. The van der Waals surface area contributed by atoms with Crippen molar-refractivity contribution in [1.29, 1.82) is 0 Å². The number of para-hydroxylation sites is 1. The maximum Gasteiger partial charge on any atom is 0.228 e. The lowest BCUT2D eigenvalue weighted by atomic mass is 10.0. The van der Waals surface area contributed by atoms with Crippen LogP contribution in [0.1, 0.15) is 5.56 Å². The van der Waals surface area contributed by atoms with Crippen molar-refractivity contribution in [3.05, 3.63) is 88.9 Å². The largest absolute Gasteiger partial charge is 0.339 e. The molecule has 0 aliphatic rings. The van der Waals surface area contributed by atoms with Crippen molar-refractivity contribution in [3.8, 4) is 11.1 Å². The zero-order valence-electron chi connectivity index (χ0n) is 16.6. The Morgan fingerprint density at radius 3 is 2.09 bits per heavy atom. The number of hydrogen-bond donors (Lipinski definition) is 3. The van der Waals surface area contributed by atoms with Gasteiger partial charge in [0.25, 0.3) is 0 Å². The normalized spacial score (nSPS) is 12.0. The summed E-state index contributed by atoms with van der Waals surface area (Å²) in [7, 11) is 0. The minimum absolute atomic E-state index is 0.123. The molecule has 3 aromatic carbocycles. The number of carbonyl (C=O) groups is 1. The molecule has 0 heterocycles. The number of amides is 1. The van der Waals surface area contributed by atoms with E-state index in [-0.39, 0.29) is 17.4 Å². The molecule has 3 aromatic rings. The number of hydrogen-bond acceptors (Lipinski definition) is 2. The summed E-state index contributed by atoms with van der Waals surface area (Å²) >= 11 is 27.0. The van der Waals surface area contributed by atoms with Crippen LogP contribution in [0.3, 0.4) is 0 Å². The fourth-order valence-corrected chi connectivity index (χ4v) is 3.83. The molecule has 0 bridgehead atoms. The second-order valence-corrected chi connectivity index (χ2v) is 10.5. The summed E-state index contributed by atoms with van der Waals surface area (Å²) in [6, 6.07) is 25.2. The monoisotopic (exact) mass is 569 g/mol. The molecule has 1 amide bonds. The molecule has 1 atom stereocenters. The van der Waals surface area contributed by atoms with E-state index in [0.717, 1.165) is 26.9 Å². The zero-order chi connectivity index (χ0) is 23.1. The van der Waals surface area contributed by atoms with Gasteiger partial charge in [-0.25, -0.2) is 0 Å². The average molecular weight is 572 g/mol. The van der Waals surface area contributed by atoms with Crippen LogP contribution in [0.25, 0.3) is 11.1 Å². The Bertz CT molecular complexity index is 1080. The summed E-state index contributed by atoms with van der Waals surface area (Å²) in [5.74, 6) is -0.315. The molecule has 0 saturated carbocycles. The van der Waals surface area contributed by atoms with Crippen LogP contribution in [-0.4, -0.2) is 21.0 Å². The van der Waals surface area contributed by atoms with Crippen LogP contribution >= 0.6 is 63.0 Å². The summed E-state index contributed by atoms with van der Waals surface area (Å²) in [5.41, 5.74) is 3.74. The number of halogens is 4. The lowest BCUT2D eigenvalue weighted by Gasteiger charge is -2.28. The average Bonchev–Trinajstić information content (AvgIpc) is 2.75. The molecular weight excluding hydrogens is 553 g/mol. The molecule has 166 valence electrons. The number of nitrogens with one attached hydrogen (secondary N) is 3. The first-order valence-electron chi connectivity index (χ1n) is 9.55. The Morgan fingerprint density at radius 1 is 0.875 bits per heavy atom. The molecule has 32 heavy (non-hydrogen) atoms. The molecule has 0 spiro atoms.